The topological polar surface area (TPSA) is 29.5 Å². The van der Waals surface area contributed by atoms with Gasteiger partial charge in [0.25, 0.3) is 0 Å². The highest BCUT2D eigenvalue weighted by Gasteiger charge is 2.15. The van der Waals surface area contributed by atoms with Gasteiger partial charge in [0.15, 0.2) is 0 Å². The molecule has 2 aromatic rings. The van der Waals surface area contributed by atoms with E-state index in [1.54, 1.807) is 13.2 Å². The van der Waals surface area contributed by atoms with Gasteiger partial charge in [-0.05, 0) is 76.3 Å². The second kappa shape index (κ2) is 6.17. The molecular formula is C16H16BrClO2. The normalized spacial score (nSPS) is 12.3. The molecule has 4 heteroatoms. The summed E-state index contributed by atoms with van der Waals surface area (Å²) in [4.78, 5) is 0. The fraction of sp³-hybridized carbons (Fsp3) is 0.250. The Kier molecular flexibility index (Phi) is 4.74. The number of hydrogen-bond donors (Lipinski definition) is 1. The molecule has 2 rings (SSSR count). The molecule has 0 bridgehead atoms. The molecular weight excluding hydrogens is 340 g/mol. The average Bonchev–Trinajstić information content (AvgIpc) is 2.40. The Balaban J connectivity index is 2.42. The number of ether oxygens (including phenoxy) is 1. The smallest absolute Gasteiger partial charge is 0.124 e. The molecule has 0 saturated heterocycles. The van der Waals surface area contributed by atoms with Crippen molar-refractivity contribution >= 4 is 27.5 Å². The van der Waals surface area contributed by atoms with Crippen LogP contribution in [0.2, 0.25) is 5.02 Å². The fourth-order valence-corrected chi connectivity index (χ4v) is 2.77. The number of halogens is 2. The number of aliphatic hydroxyl groups excluding tert-OH is 1. The van der Waals surface area contributed by atoms with Crippen molar-refractivity contribution in [2.45, 2.75) is 20.0 Å². The van der Waals surface area contributed by atoms with Gasteiger partial charge >= 0.3 is 0 Å². The molecule has 0 fully saturated rings. The van der Waals surface area contributed by atoms with Crippen LogP contribution in [-0.4, -0.2) is 12.2 Å². The molecule has 0 spiro atoms. The Bertz CT molecular complexity index is 617. The van der Waals surface area contributed by atoms with E-state index in [1.165, 1.54) is 0 Å². The lowest BCUT2D eigenvalue weighted by Crippen LogP contribution is -2.02. The van der Waals surface area contributed by atoms with Crippen LogP contribution in [0, 0.1) is 13.8 Å². The van der Waals surface area contributed by atoms with Crippen molar-refractivity contribution in [2.24, 2.45) is 0 Å². The first-order chi connectivity index (χ1) is 9.43. The molecule has 0 amide bonds. The summed E-state index contributed by atoms with van der Waals surface area (Å²) in [5.41, 5.74) is 3.61. The Labute approximate surface area is 132 Å². The predicted octanol–water partition coefficient (Wildman–Crippen LogP) is 4.81. The van der Waals surface area contributed by atoms with Crippen molar-refractivity contribution in [3.63, 3.8) is 0 Å². The zero-order chi connectivity index (χ0) is 14.9. The molecule has 0 saturated carbocycles. The van der Waals surface area contributed by atoms with Crippen LogP contribution in [0.5, 0.6) is 5.75 Å². The van der Waals surface area contributed by atoms with Crippen LogP contribution < -0.4 is 4.74 Å². The number of hydrogen-bond acceptors (Lipinski definition) is 2. The quantitative estimate of drug-likeness (QED) is 0.856. The Morgan fingerprint density at radius 1 is 1.10 bits per heavy atom. The van der Waals surface area contributed by atoms with E-state index >= 15 is 0 Å². The summed E-state index contributed by atoms with van der Waals surface area (Å²) in [6.45, 7) is 3.94. The van der Waals surface area contributed by atoms with Crippen LogP contribution in [0.25, 0.3) is 0 Å². The van der Waals surface area contributed by atoms with Gasteiger partial charge in [-0.2, -0.15) is 0 Å². The van der Waals surface area contributed by atoms with E-state index in [0.717, 1.165) is 32.5 Å². The molecule has 1 atom stereocenters. The Morgan fingerprint density at radius 2 is 1.70 bits per heavy atom. The van der Waals surface area contributed by atoms with E-state index in [2.05, 4.69) is 15.9 Å². The Morgan fingerprint density at radius 3 is 2.20 bits per heavy atom. The number of benzene rings is 2. The van der Waals surface area contributed by atoms with E-state index < -0.39 is 6.10 Å². The van der Waals surface area contributed by atoms with Crippen LogP contribution in [0.4, 0.5) is 0 Å². The molecule has 20 heavy (non-hydrogen) atoms. The molecule has 0 aliphatic heterocycles. The molecule has 0 heterocycles. The fourth-order valence-electron chi connectivity index (χ4n) is 2.34. The average molecular weight is 356 g/mol. The van der Waals surface area contributed by atoms with E-state index in [1.807, 2.05) is 38.1 Å². The largest absolute Gasteiger partial charge is 0.496 e. The lowest BCUT2D eigenvalue weighted by molar-refractivity contribution is 0.220. The first-order valence-electron chi connectivity index (χ1n) is 6.22. The van der Waals surface area contributed by atoms with E-state index in [9.17, 15) is 5.11 Å². The summed E-state index contributed by atoms with van der Waals surface area (Å²) in [5, 5.41) is 11.1. The molecule has 0 aliphatic rings. The number of methoxy groups -OCH3 is 1. The third kappa shape index (κ3) is 3.00. The van der Waals surface area contributed by atoms with Gasteiger partial charge in [-0.15, -0.1) is 0 Å². The minimum atomic E-state index is -0.705. The summed E-state index contributed by atoms with van der Waals surface area (Å²) < 4.78 is 6.16. The second-order valence-corrected chi connectivity index (χ2v) is 6.03. The van der Waals surface area contributed by atoms with Crippen molar-refractivity contribution in [3.05, 3.63) is 62.1 Å². The van der Waals surface area contributed by atoms with Crippen molar-refractivity contribution in [1.29, 1.82) is 0 Å². The summed E-state index contributed by atoms with van der Waals surface area (Å²) in [5.74, 6) is 0.856. The van der Waals surface area contributed by atoms with Crippen LogP contribution in [0.15, 0.2) is 34.8 Å². The number of rotatable bonds is 3. The van der Waals surface area contributed by atoms with Gasteiger partial charge in [-0.25, -0.2) is 0 Å². The first kappa shape index (κ1) is 15.4. The van der Waals surface area contributed by atoms with Gasteiger partial charge in [0.05, 0.1) is 12.1 Å². The summed E-state index contributed by atoms with van der Waals surface area (Å²) in [6.07, 6.45) is -0.705. The van der Waals surface area contributed by atoms with Crippen molar-refractivity contribution in [1.82, 2.24) is 0 Å². The zero-order valence-electron chi connectivity index (χ0n) is 11.6. The third-order valence-electron chi connectivity index (χ3n) is 3.26. The monoisotopic (exact) mass is 354 g/mol. The van der Waals surface area contributed by atoms with Gasteiger partial charge < -0.3 is 9.84 Å². The highest BCUT2D eigenvalue weighted by Crippen LogP contribution is 2.32. The maximum atomic E-state index is 10.5. The first-order valence-corrected chi connectivity index (χ1v) is 7.39. The molecule has 1 N–H and O–H groups in total. The molecule has 0 radical (unpaired) electrons. The third-order valence-corrected chi connectivity index (χ3v) is 4.49. The van der Waals surface area contributed by atoms with Crippen molar-refractivity contribution < 1.29 is 9.84 Å². The lowest BCUT2D eigenvalue weighted by atomic mass is 9.97. The molecule has 2 nitrogen and oxygen atoms in total. The van der Waals surface area contributed by atoms with E-state index in [0.29, 0.717) is 5.02 Å². The van der Waals surface area contributed by atoms with Crippen LogP contribution in [0.1, 0.15) is 28.4 Å². The highest BCUT2D eigenvalue weighted by atomic mass is 79.9. The van der Waals surface area contributed by atoms with Crippen LogP contribution in [-0.2, 0) is 0 Å². The summed E-state index contributed by atoms with van der Waals surface area (Å²) in [6, 6.07) is 9.34. The van der Waals surface area contributed by atoms with Crippen molar-refractivity contribution in [3.8, 4) is 5.75 Å². The van der Waals surface area contributed by atoms with Crippen molar-refractivity contribution in [2.75, 3.05) is 7.11 Å². The number of aliphatic hydroxyl groups is 1. The van der Waals surface area contributed by atoms with Crippen LogP contribution >= 0.6 is 27.5 Å². The standard InChI is InChI=1S/C16H16BrClO2/c1-9-6-12(7-10(2)16(9)20-3)15(19)11-4-5-13(17)14(18)8-11/h4-8,15,19H,1-3H3. The maximum Gasteiger partial charge on any atom is 0.124 e. The van der Waals surface area contributed by atoms with E-state index in [4.69, 9.17) is 16.3 Å². The van der Waals surface area contributed by atoms with Gasteiger partial charge in [0.2, 0.25) is 0 Å². The highest BCUT2D eigenvalue weighted by molar-refractivity contribution is 9.10. The summed E-state index contributed by atoms with van der Waals surface area (Å²) in [7, 11) is 1.65. The minimum Gasteiger partial charge on any atom is -0.496 e. The lowest BCUT2D eigenvalue weighted by Gasteiger charge is -2.16. The van der Waals surface area contributed by atoms with Crippen LogP contribution in [0.3, 0.4) is 0 Å². The van der Waals surface area contributed by atoms with Gasteiger partial charge in [-0.3, -0.25) is 0 Å². The van der Waals surface area contributed by atoms with Gasteiger partial charge in [-0.1, -0.05) is 17.7 Å². The predicted molar refractivity (Wildman–Crippen MR) is 85.7 cm³/mol. The SMILES string of the molecule is COc1c(C)cc(C(O)c2ccc(Br)c(Cl)c2)cc1C. The van der Waals surface area contributed by atoms with Gasteiger partial charge in [0.1, 0.15) is 11.9 Å². The minimum absolute atomic E-state index is 0.587. The summed E-state index contributed by atoms with van der Waals surface area (Å²) >= 11 is 9.42. The van der Waals surface area contributed by atoms with E-state index in [-0.39, 0.29) is 0 Å². The zero-order valence-corrected chi connectivity index (χ0v) is 13.9. The maximum absolute atomic E-state index is 10.5. The molecule has 1 unspecified atom stereocenters. The second-order valence-electron chi connectivity index (χ2n) is 4.76. The number of aryl methyl sites for hydroxylation is 2. The molecule has 0 aliphatic carbocycles. The molecule has 0 aromatic heterocycles. The molecule has 106 valence electrons. The molecule has 2 aromatic carbocycles. The van der Waals surface area contributed by atoms with Gasteiger partial charge in [0, 0.05) is 4.47 Å². The Hall–Kier alpha value is -1.03.